The summed E-state index contributed by atoms with van der Waals surface area (Å²) in [5.41, 5.74) is 0.104. The van der Waals surface area contributed by atoms with Gasteiger partial charge in [-0.15, -0.1) is 0 Å². The van der Waals surface area contributed by atoms with Gasteiger partial charge in [0.25, 0.3) is 10.1 Å². The van der Waals surface area contributed by atoms with E-state index in [0.29, 0.717) is 17.7 Å². The second-order valence-electron chi connectivity index (χ2n) is 4.14. The summed E-state index contributed by atoms with van der Waals surface area (Å²) >= 11 is 0. The van der Waals surface area contributed by atoms with Crippen LogP contribution in [-0.4, -0.2) is 13.0 Å². The molecule has 3 nitrogen and oxygen atoms in total. The molecular formula is C13H9F3O3S. The van der Waals surface area contributed by atoms with Gasteiger partial charge in [0.2, 0.25) is 0 Å². The van der Waals surface area contributed by atoms with E-state index in [4.69, 9.17) is 4.55 Å². The van der Waals surface area contributed by atoms with Crippen molar-refractivity contribution in [2.75, 3.05) is 0 Å². The first-order chi connectivity index (χ1) is 9.27. The Balaban J connectivity index is 2.32. The molecule has 0 atom stereocenters. The van der Waals surface area contributed by atoms with Crippen molar-refractivity contribution in [2.45, 2.75) is 11.3 Å². The van der Waals surface area contributed by atoms with Gasteiger partial charge in [0.05, 0.1) is 4.90 Å². The van der Waals surface area contributed by atoms with Crippen molar-refractivity contribution in [3.63, 3.8) is 0 Å². The molecule has 7 heteroatoms. The van der Waals surface area contributed by atoms with Gasteiger partial charge in [-0.3, -0.25) is 4.55 Å². The topological polar surface area (TPSA) is 54.4 Å². The predicted octanol–water partition coefficient (Wildman–Crippen LogP) is 2.94. The van der Waals surface area contributed by atoms with Gasteiger partial charge < -0.3 is 0 Å². The monoisotopic (exact) mass is 302 g/mol. The van der Waals surface area contributed by atoms with Crippen LogP contribution in [0.3, 0.4) is 0 Å². The molecule has 20 heavy (non-hydrogen) atoms. The zero-order valence-electron chi connectivity index (χ0n) is 9.98. The quantitative estimate of drug-likeness (QED) is 0.887. The van der Waals surface area contributed by atoms with Gasteiger partial charge in [0.15, 0.2) is 0 Å². The van der Waals surface area contributed by atoms with Gasteiger partial charge in [-0.1, -0.05) is 12.1 Å². The summed E-state index contributed by atoms with van der Waals surface area (Å²) in [5.74, 6) is -3.03. The van der Waals surface area contributed by atoms with E-state index in [9.17, 15) is 21.6 Å². The lowest BCUT2D eigenvalue weighted by Crippen LogP contribution is -2.01. The minimum absolute atomic E-state index is 0.163. The molecule has 0 unspecified atom stereocenters. The van der Waals surface area contributed by atoms with Crippen molar-refractivity contribution >= 4 is 10.1 Å². The molecule has 0 aliphatic carbocycles. The molecule has 0 bridgehead atoms. The maximum absolute atomic E-state index is 13.4. The fraction of sp³-hybridized carbons (Fsp3) is 0.0769. The molecule has 0 radical (unpaired) electrons. The molecule has 2 aromatic carbocycles. The zero-order chi connectivity index (χ0) is 14.9. The van der Waals surface area contributed by atoms with Gasteiger partial charge in [0.1, 0.15) is 17.5 Å². The average molecular weight is 302 g/mol. The molecule has 0 saturated heterocycles. The average Bonchev–Trinajstić information content (AvgIpc) is 2.33. The SMILES string of the molecule is O=S(=O)(O)c1ccc(Cc2c(F)cc(F)cc2F)cc1. The molecular weight excluding hydrogens is 293 g/mol. The van der Waals surface area contributed by atoms with Crippen LogP contribution in [-0.2, 0) is 16.5 Å². The number of benzene rings is 2. The van der Waals surface area contributed by atoms with Crippen LogP contribution in [0.5, 0.6) is 0 Å². The molecule has 0 aromatic heterocycles. The fourth-order valence-electron chi connectivity index (χ4n) is 1.72. The van der Waals surface area contributed by atoms with Crippen molar-refractivity contribution in [3.05, 3.63) is 65.0 Å². The first kappa shape index (κ1) is 14.5. The Labute approximate surface area is 113 Å². The van der Waals surface area contributed by atoms with Crippen molar-refractivity contribution in [1.29, 1.82) is 0 Å². The van der Waals surface area contributed by atoms with Crippen LogP contribution in [0.15, 0.2) is 41.3 Å². The highest BCUT2D eigenvalue weighted by Crippen LogP contribution is 2.19. The lowest BCUT2D eigenvalue weighted by atomic mass is 10.0. The van der Waals surface area contributed by atoms with E-state index in [-0.39, 0.29) is 16.9 Å². The van der Waals surface area contributed by atoms with Crippen LogP contribution >= 0.6 is 0 Å². The maximum atomic E-state index is 13.4. The highest BCUT2D eigenvalue weighted by Gasteiger charge is 2.13. The Morgan fingerprint density at radius 1 is 0.950 bits per heavy atom. The largest absolute Gasteiger partial charge is 0.294 e. The van der Waals surface area contributed by atoms with E-state index in [1.807, 2.05) is 0 Å². The van der Waals surface area contributed by atoms with Gasteiger partial charge in [0, 0.05) is 24.1 Å². The summed E-state index contributed by atoms with van der Waals surface area (Å²) in [7, 11) is -4.31. The second-order valence-corrected chi connectivity index (χ2v) is 5.57. The van der Waals surface area contributed by atoms with Crippen molar-refractivity contribution in [3.8, 4) is 0 Å². The van der Waals surface area contributed by atoms with E-state index in [2.05, 4.69) is 0 Å². The van der Waals surface area contributed by atoms with E-state index in [0.717, 1.165) is 12.1 Å². The zero-order valence-corrected chi connectivity index (χ0v) is 10.8. The van der Waals surface area contributed by atoms with Gasteiger partial charge in [-0.2, -0.15) is 8.42 Å². The molecule has 0 aliphatic rings. The Morgan fingerprint density at radius 3 is 1.90 bits per heavy atom. The van der Waals surface area contributed by atoms with E-state index in [1.54, 1.807) is 0 Å². The lowest BCUT2D eigenvalue weighted by molar-refractivity contribution is 0.483. The molecule has 106 valence electrons. The van der Waals surface area contributed by atoms with Crippen LogP contribution < -0.4 is 0 Å². The normalized spacial score (nSPS) is 11.6. The maximum Gasteiger partial charge on any atom is 0.294 e. The van der Waals surface area contributed by atoms with E-state index < -0.39 is 27.6 Å². The number of hydrogen-bond acceptors (Lipinski definition) is 2. The molecule has 0 fully saturated rings. The number of halogens is 3. The van der Waals surface area contributed by atoms with E-state index >= 15 is 0 Å². The molecule has 0 amide bonds. The molecule has 2 rings (SSSR count). The summed E-state index contributed by atoms with van der Waals surface area (Å²) in [4.78, 5) is -0.318. The van der Waals surface area contributed by atoms with Crippen LogP contribution in [0.25, 0.3) is 0 Å². The van der Waals surface area contributed by atoms with Crippen LogP contribution in [0, 0.1) is 17.5 Å². The predicted molar refractivity (Wildman–Crippen MR) is 65.4 cm³/mol. The Morgan fingerprint density at radius 2 is 1.45 bits per heavy atom. The highest BCUT2D eigenvalue weighted by molar-refractivity contribution is 7.85. The van der Waals surface area contributed by atoms with Crippen LogP contribution in [0.4, 0.5) is 13.2 Å². The summed E-state index contributed by atoms with van der Waals surface area (Å²) < 4.78 is 70.1. The summed E-state index contributed by atoms with van der Waals surface area (Å²) in [6, 6.07) is 6.00. The second kappa shape index (κ2) is 5.26. The first-order valence-electron chi connectivity index (χ1n) is 5.47. The minimum Gasteiger partial charge on any atom is -0.282 e. The molecule has 0 spiro atoms. The highest BCUT2D eigenvalue weighted by atomic mass is 32.2. The van der Waals surface area contributed by atoms with Crippen LogP contribution in [0.2, 0.25) is 0 Å². The Bertz CT molecular complexity index is 717. The van der Waals surface area contributed by atoms with Gasteiger partial charge >= 0.3 is 0 Å². The van der Waals surface area contributed by atoms with Crippen molar-refractivity contribution in [1.82, 2.24) is 0 Å². The smallest absolute Gasteiger partial charge is 0.282 e. The first-order valence-corrected chi connectivity index (χ1v) is 6.91. The van der Waals surface area contributed by atoms with Gasteiger partial charge in [-0.25, -0.2) is 13.2 Å². The fourth-order valence-corrected chi connectivity index (χ4v) is 2.20. The van der Waals surface area contributed by atoms with Crippen LogP contribution in [0.1, 0.15) is 11.1 Å². The molecule has 0 aliphatic heterocycles. The van der Waals surface area contributed by atoms with E-state index in [1.165, 1.54) is 12.1 Å². The summed E-state index contributed by atoms with van der Waals surface area (Å²) in [6.45, 7) is 0. The molecule has 1 N–H and O–H groups in total. The minimum atomic E-state index is -4.31. The summed E-state index contributed by atoms with van der Waals surface area (Å²) in [5, 5.41) is 0. The summed E-state index contributed by atoms with van der Waals surface area (Å²) in [6.07, 6.45) is -0.163. The third-order valence-electron chi connectivity index (χ3n) is 2.71. The number of hydrogen-bond donors (Lipinski definition) is 1. The molecule has 2 aromatic rings. The Hall–Kier alpha value is -1.86. The lowest BCUT2D eigenvalue weighted by Gasteiger charge is -2.06. The van der Waals surface area contributed by atoms with Crippen molar-refractivity contribution in [2.24, 2.45) is 0 Å². The van der Waals surface area contributed by atoms with Gasteiger partial charge in [-0.05, 0) is 17.7 Å². The Kier molecular flexibility index (Phi) is 3.82. The molecule has 0 heterocycles. The standard InChI is InChI=1S/C13H9F3O3S/c14-9-6-12(15)11(13(16)7-9)5-8-1-3-10(4-2-8)20(17,18)19/h1-4,6-7H,5H2,(H,17,18,19). The molecule has 0 saturated carbocycles. The number of rotatable bonds is 3. The van der Waals surface area contributed by atoms with Crippen molar-refractivity contribution < 1.29 is 26.1 Å². The third-order valence-corrected chi connectivity index (χ3v) is 3.58. The third kappa shape index (κ3) is 3.17.